The zero-order valence-electron chi connectivity index (χ0n) is 18.7. The number of fused-ring (bicyclic) bond motifs is 1. The molecular weight excluding hydrogens is 474 g/mol. The van der Waals surface area contributed by atoms with E-state index in [1.807, 2.05) is 0 Å². The van der Waals surface area contributed by atoms with Crippen molar-refractivity contribution >= 4 is 12.0 Å². The number of nitrogens with zero attached hydrogens (tertiary/aromatic N) is 2. The molecular formula is C23H23F4N3O5. The van der Waals surface area contributed by atoms with Crippen LogP contribution in [-0.4, -0.2) is 55.1 Å². The molecule has 1 atom stereocenters. The molecule has 1 aromatic carbocycles. The average Bonchev–Trinajstić information content (AvgIpc) is 2.84. The maximum atomic E-state index is 14.7. The highest BCUT2D eigenvalue weighted by Gasteiger charge is 2.44. The molecule has 1 N–H and O–H groups in total. The van der Waals surface area contributed by atoms with Crippen LogP contribution in [0.4, 0.5) is 22.4 Å². The second-order valence-corrected chi connectivity index (χ2v) is 8.26. The number of alkyl halides is 3. The van der Waals surface area contributed by atoms with Gasteiger partial charge in [-0.1, -0.05) is 6.07 Å². The number of methoxy groups -OCH3 is 1. The Bertz CT molecular complexity index is 1100. The van der Waals surface area contributed by atoms with Gasteiger partial charge in [0.05, 0.1) is 19.6 Å². The van der Waals surface area contributed by atoms with Crippen molar-refractivity contribution in [3.8, 4) is 11.5 Å². The first-order chi connectivity index (χ1) is 16.6. The van der Waals surface area contributed by atoms with Crippen LogP contribution in [0.1, 0.15) is 30.5 Å². The summed E-state index contributed by atoms with van der Waals surface area (Å²) in [6, 6.07) is 5.82. The van der Waals surface area contributed by atoms with Crippen LogP contribution < -0.4 is 14.8 Å². The van der Waals surface area contributed by atoms with Gasteiger partial charge in [-0.25, -0.2) is 9.18 Å². The Labute approximate surface area is 198 Å². The summed E-state index contributed by atoms with van der Waals surface area (Å²) in [6.45, 7) is 0.728. The molecule has 1 fully saturated rings. The molecule has 2 amide bonds. The third kappa shape index (κ3) is 5.10. The largest absolute Gasteiger partial charge is 0.573 e. The molecule has 4 rings (SSSR count). The molecule has 35 heavy (non-hydrogen) atoms. The lowest BCUT2D eigenvalue weighted by molar-refractivity contribution is -0.275. The zero-order chi connectivity index (χ0) is 25.2. The number of piperidine rings is 1. The van der Waals surface area contributed by atoms with Crippen LogP contribution in [0.2, 0.25) is 0 Å². The Kier molecular flexibility index (Phi) is 6.73. The number of hydrogen-bond acceptors (Lipinski definition) is 6. The maximum absolute atomic E-state index is 14.7. The van der Waals surface area contributed by atoms with E-state index in [0.717, 1.165) is 12.1 Å². The number of rotatable bonds is 4. The quantitative estimate of drug-likeness (QED) is 0.512. The number of hydrogen-bond donors (Lipinski definition) is 1. The number of likely N-dealkylation sites (tertiary alicyclic amines) is 1. The van der Waals surface area contributed by atoms with Gasteiger partial charge in [0.2, 0.25) is 0 Å². The number of urea groups is 1. The standard InChI is InChI=1S/C23H23F4N3O5/c1-33-20(31)14-6-10-30(11-7-14)21(32)29-22(8-12-34-18-3-2-9-28-19(18)22)15-4-5-17(16(24)13-15)35-23(25,26)27/h2-5,9,13-14H,6-8,10-12H2,1H3,(H,29,32). The number of pyridine rings is 1. The smallest absolute Gasteiger partial charge is 0.491 e. The van der Waals surface area contributed by atoms with Crippen molar-refractivity contribution in [2.24, 2.45) is 5.92 Å². The highest BCUT2D eigenvalue weighted by Crippen LogP contribution is 2.42. The highest BCUT2D eigenvalue weighted by molar-refractivity contribution is 5.77. The first kappa shape index (κ1) is 24.6. The fourth-order valence-corrected chi connectivity index (χ4v) is 4.46. The van der Waals surface area contributed by atoms with E-state index in [1.54, 1.807) is 12.1 Å². The SMILES string of the molecule is COC(=O)C1CCN(C(=O)NC2(c3ccc(OC(F)(F)F)c(F)c3)CCOc3cccnc32)CC1. The number of halogens is 4. The van der Waals surface area contributed by atoms with Crippen LogP contribution in [0.15, 0.2) is 36.5 Å². The van der Waals surface area contributed by atoms with Crippen LogP contribution in [0.3, 0.4) is 0 Å². The number of ether oxygens (including phenoxy) is 3. The normalized spacial score (nSPS) is 20.4. The second kappa shape index (κ2) is 9.59. The van der Waals surface area contributed by atoms with Crippen molar-refractivity contribution in [3.63, 3.8) is 0 Å². The molecule has 188 valence electrons. The molecule has 12 heteroatoms. The third-order valence-electron chi connectivity index (χ3n) is 6.20. The predicted octanol–water partition coefficient (Wildman–Crippen LogP) is 3.74. The van der Waals surface area contributed by atoms with Crippen molar-refractivity contribution in [2.45, 2.75) is 31.2 Å². The Hall–Kier alpha value is -3.57. The van der Waals surface area contributed by atoms with Crippen molar-refractivity contribution in [2.75, 3.05) is 26.8 Å². The van der Waals surface area contributed by atoms with Gasteiger partial charge in [-0.05, 0) is 42.7 Å². The number of carbonyl (C=O) groups is 2. The summed E-state index contributed by atoms with van der Waals surface area (Å²) in [5, 5.41) is 2.93. The van der Waals surface area contributed by atoms with Crippen LogP contribution in [0.5, 0.6) is 11.5 Å². The Morgan fingerprint density at radius 1 is 1.23 bits per heavy atom. The minimum absolute atomic E-state index is 0.145. The van der Waals surface area contributed by atoms with E-state index in [-0.39, 0.29) is 30.5 Å². The number of amides is 2. The van der Waals surface area contributed by atoms with Gasteiger partial charge in [0.25, 0.3) is 0 Å². The summed E-state index contributed by atoms with van der Waals surface area (Å²) in [6.07, 6.45) is -2.59. The van der Waals surface area contributed by atoms with E-state index in [9.17, 15) is 27.2 Å². The highest BCUT2D eigenvalue weighted by atomic mass is 19.4. The van der Waals surface area contributed by atoms with Gasteiger partial charge in [-0.2, -0.15) is 0 Å². The van der Waals surface area contributed by atoms with E-state index in [1.165, 1.54) is 24.3 Å². The van der Waals surface area contributed by atoms with E-state index in [0.29, 0.717) is 37.4 Å². The van der Waals surface area contributed by atoms with Crippen LogP contribution in [0, 0.1) is 11.7 Å². The predicted molar refractivity (Wildman–Crippen MR) is 113 cm³/mol. The molecule has 2 aliphatic rings. The van der Waals surface area contributed by atoms with Crippen molar-refractivity contribution < 1.29 is 41.4 Å². The van der Waals surface area contributed by atoms with E-state index >= 15 is 0 Å². The van der Waals surface area contributed by atoms with Crippen LogP contribution in [0.25, 0.3) is 0 Å². The van der Waals surface area contributed by atoms with Gasteiger partial charge in [-0.3, -0.25) is 9.78 Å². The number of nitrogens with one attached hydrogen (secondary N) is 1. The molecule has 0 aliphatic carbocycles. The number of aromatic nitrogens is 1. The molecule has 3 heterocycles. The molecule has 0 saturated carbocycles. The van der Waals surface area contributed by atoms with Gasteiger partial charge < -0.3 is 24.4 Å². The van der Waals surface area contributed by atoms with Gasteiger partial charge >= 0.3 is 18.4 Å². The summed E-state index contributed by atoms with van der Waals surface area (Å²) in [4.78, 5) is 31.0. The van der Waals surface area contributed by atoms with Crippen molar-refractivity contribution in [1.29, 1.82) is 0 Å². The van der Waals surface area contributed by atoms with Gasteiger partial charge in [0.1, 0.15) is 17.0 Å². The van der Waals surface area contributed by atoms with Crippen LogP contribution >= 0.6 is 0 Å². The summed E-state index contributed by atoms with van der Waals surface area (Å²) in [5.41, 5.74) is -0.888. The third-order valence-corrected chi connectivity index (χ3v) is 6.20. The molecule has 0 bridgehead atoms. The lowest BCUT2D eigenvalue weighted by Gasteiger charge is -2.41. The first-order valence-electron chi connectivity index (χ1n) is 10.9. The summed E-state index contributed by atoms with van der Waals surface area (Å²) in [7, 11) is 1.31. The Morgan fingerprint density at radius 2 is 1.97 bits per heavy atom. The number of esters is 1. The molecule has 1 saturated heterocycles. The molecule has 1 unspecified atom stereocenters. The van der Waals surface area contributed by atoms with E-state index in [2.05, 4.69) is 15.0 Å². The van der Waals surface area contributed by atoms with Crippen molar-refractivity contribution in [1.82, 2.24) is 15.2 Å². The molecule has 1 aromatic heterocycles. The monoisotopic (exact) mass is 497 g/mol. The number of benzene rings is 1. The maximum Gasteiger partial charge on any atom is 0.573 e. The topological polar surface area (TPSA) is 90.0 Å². The Morgan fingerprint density at radius 3 is 2.63 bits per heavy atom. The first-order valence-corrected chi connectivity index (χ1v) is 10.9. The average molecular weight is 497 g/mol. The van der Waals surface area contributed by atoms with Gasteiger partial charge in [-0.15, -0.1) is 13.2 Å². The molecule has 0 spiro atoms. The summed E-state index contributed by atoms with van der Waals surface area (Å²) < 4.78 is 66.7. The second-order valence-electron chi connectivity index (χ2n) is 8.26. The fourth-order valence-electron chi connectivity index (χ4n) is 4.46. The summed E-state index contributed by atoms with van der Waals surface area (Å²) >= 11 is 0. The van der Waals surface area contributed by atoms with Gasteiger partial charge in [0, 0.05) is 25.7 Å². The summed E-state index contributed by atoms with van der Waals surface area (Å²) in [5.74, 6) is -2.50. The van der Waals surface area contributed by atoms with Crippen LogP contribution in [-0.2, 0) is 15.1 Å². The van der Waals surface area contributed by atoms with E-state index in [4.69, 9.17) is 9.47 Å². The minimum atomic E-state index is -5.06. The fraction of sp³-hybridized carbons (Fsp3) is 0.435. The Balaban J connectivity index is 1.66. The van der Waals surface area contributed by atoms with Crippen molar-refractivity contribution in [3.05, 3.63) is 53.6 Å². The van der Waals surface area contributed by atoms with Gasteiger partial charge in [0.15, 0.2) is 11.6 Å². The molecule has 0 radical (unpaired) electrons. The zero-order valence-corrected chi connectivity index (χ0v) is 18.7. The molecule has 2 aliphatic heterocycles. The van der Waals surface area contributed by atoms with E-state index < -0.39 is 29.5 Å². The minimum Gasteiger partial charge on any atom is -0.491 e. The number of carbonyl (C=O) groups excluding carboxylic acids is 2. The lowest BCUT2D eigenvalue weighted by atomic mass is 9.81. The lowest BCUT2D eigenvalue weighted by Crippen LogP contribution is -2.55. The molecule has 2 aromatic rings. The molecule has 8 nitrogen and oxygen atoms in total.